The average molecular weight is 442 g/mol. The van der Waals surface area contributed by atoms with E-state index in [1.807, 2.05) is 18.2 Å². The number of aliphatic imine (C=N–C) groups is 1. The zero-order valence-corrected chi connectivity index (χ0v) is 19.6. The van der Waals surface area contributed by atoms with E-state index in [0.717, 1.165) is 55.0 Å². The first-order valence-corrected chi connectivity index (χ1v) is 11.7. The number of benzene rings is 1. The number of fused-ring (bicyclic) bond motifs is 1. The molecule has 1 N–H and O–H groups in total. The van der Waals surface area contributed by atoms with Crippen molar-refractivity contribution in [3.63, 3.8) is 0 Å². The van der Waals surface area contributed by atoms with Crippen molar-refractivity contribution >= 4 is 11.5 Å². The molecule has 2 aliphatic heterocycles. The smallest absolute Gasteiger partial charge is 0.162 e. The Labute approximate surface area is 196 Å². The van der Waals surface area contributed by atoms with E-state index in [2.05, 4.69) is 59.9 Å². The monoisotopic (exact) mass is 441 g/mol. The highest BCUT2D eigenvalue weighted by Gasteiger charge is 2.25. The van der Waals surface area contributed by atoms with Crippen LogP contribution in [0.3, 0.4) is 0 Å². The Morgan fingerprint density at radius 1 is 1.12 bits per heavy atom. The molecule has 0 spiro atoms. The number of anilines is 1. The summed E-state index contributed by atoms with van der Waals surface area (Å²) < 4.78 is 10.9. The van der Waals surface area contributed by atoms with Crippen LogP contribution in [0.15, 0.2) is 94.1 Å². The maximum absolute atomic E-state index is 5.50. The summed E-state index contributed by atoms with van der Waals surface area (Å²) in [4.78, 5) is 7.34. The van der Waals surface area contributed by atoms with Gasteiger partial charge in [0.1, 0.15) is 0 Å². The summed E-state index contributed by atoms with van der Waals surface area (Å²) in [5, 5.41) is 3.55. The minimum absolute atomic E-state index is 0.484. The topological polar surface area (TPSA) is 46.1 Å². The number of methoxy groups -OCH3 is 2. The van der Waals surface area contributed by atoms with Crippen LogP contribution in [0, 0.1) is 5.92 Å². The van der Waals surface area contributed by atoms with Crippen LogP contribution in [0.1, 0.15) is 39.0 Å². The van der Waals surface area contributed by atoms with E-state index in [-0.39, 0.29) is 0 Å². The van der Waals surface area contributed by atoms with Gasteiger partial charge in [-0.2, -0.15) is 0 Å². The second-order valence-corrected chi connectivity index (χ2v) is 8.90. The van der Waals surface area contributed by atoms with Crippen molar-refractivity contribution in [2.24, 2.45) is 10.9 Å². The van der Waals surface area contributed by atoms with Crippen LogP contribution < -0.4 is 14.8 Å². The molecule has 0 saturated heterocycles. The maximum Gasteiger partial charge on any atom is 0.162 e. The predicted molar refractivity (Wildman–Crippen MR) is 134 cm³/mol. The Bertz CT molecular complexity index is 1160. The molecule has 0 fully saturated rings. The quantitative estimate of drug-likeness (QED) is 0.581. The van der Waals surface area contributed by atoms with Gasteiger partial charge in [0.15, 0.2) is 17.3 Å². The number of nitrogens with zero attached hydrogens (tertiary/aromatic N) is 2. The summed E-state index contributed by atoms with van der Waals surface area (Å²) in [6.45, 7) is 2.24. The van der Waals surface area contributed by atoms with E-state index in [1.54, 1.807) is 19.8 Å². The van der Waals surface area contributed by atoms with Gasteiger partial charge in [0.05, 0.1) is 25.6 Å². The van der Waals surface area contributed by atoms with Gasteiger partial charge in [-0.05, 0) is 61.3 Å². The second-order valence-electron chi connectivity index (χ2n) is 8.90. The lowest BCUT2D eigenvalue weighted by molar-refractivity contribution is 0.355. The molecule has 1 atom stereocenters. The first-order chi connectivity index (χ1) is 16.1. The van der Waals surface area contributed by atoms with Crippen molar-refractivity contribution in [2.45, 2.75) is 39.0 Å². The van der Waals surface area contributed by atoms with E-state index in [0.29, 0.717) is 17.4 Å². The fourth-order valence-electron chi connectivity index (χ4n) is 4.67. The van der Waals surface area contributed by atoms with E-state index in [4.69, 9.17) is 14.5 Å². The molecule has 5 nitrogen and oxygen atoms in total. The standard InChI is InChI=1S/C28H31N3O2/c1-19-8-12-25-28(29-23-11-13-26(32-2)27(17-23)33-3)30-24(18-31(25)15-14-19)22-10-9-20-6-4-5-7-21(20)16-22/h4,6,10-15,17-19H,5,7-9,16H2,1-3H3,(H,29,30). The van der Waals surface area contributed by atoms with Crippen LogP contribution >= 0.6 is 0 Å². The first-order valence-electron chi connectivity index (χ1n) is 11.7. The first kappa shape index (κ1) is 21.4. The molecule has 170 valence electrons. The highest BCUT2D eigenvalue weighted by atomic mass is 16.5. The highest BCUT2D eigenvalue weighted by molar-refractivity contribution is 6.09. The molecule has 4 aliphatic rings. The lowest BCUT2D eigenvalue weighted by atomic mass is 9.85. The molecular formula is C28H31N3O2. The van der Waals surface area contributed by atoms with Gasteiger partial charge in [0.25, 0.3) is 0 Å². The lowest BCUT2D eigenvalue weighted by Gasteiger charge is -2.29. The molecule has 5 heteroatoms. The van der Waals surface area contributed by atoms with E-state index >= 15 is 0 Å². The van der Waals surface area contributed by atoms with Crippen molar-refractivity contribution in [3.05, 3.63) is 89.1 Å². The van der Waals surface area contributed by atoms with Gasteiger partial charge in [-0.1, -0.05) is 42.9 Å². The van der Waals surface area contributed by atoms with Crippen LogP contribution in [0.4, 0.5) is 5.69 Å². The Balaban J connectivity index is 1.49. The Kier molecular flexibility index (Phi) is 5.95. The summed E-state index contributed by atoms with van der Waals surface area (Å²) in [5.41, 5.74) is 7.36. The van der Waals surface area contributed by atoms with Crippen molar-refractivity contribution in [2.75, 3.05) is 19.5 Å². The molecule has 0 radical (unpaired) electrons. The summed E-state index contributed by atoms with van der Waals surface area (Å²) >= 11 is 0. The molecular weight excluding hydrogens is 410 g/mol. The largest absolute Gasteiger partial charge is 0.493 e. The molecule has 1 unspecified atom stereocenters. The summed E-state index contributed by atoms with van der Waals surface area (Å²) in [6, 6.07) is 5.86. The van der Waals surface area contributed by atoms with E-state index < -0.39 is 0 Å². The molecule has 0 amide bonds. The van der Waals surface area contributed by atoms with E-state index in [1.165, 1.54) is 11.1 Å². The van der Waals surface area contributed by atoms with Crippen molar-refractivity contribution in [1.29, 1.82) is 0 Å². The fraction of sp³-hybridized carbons (Fsp3) is 0.321. The summed E-state index contributed by atoms with van der Waals surface area (Å²) in [5.74, 6) is 2.73. The number of hydrogen-bond acceptors (Lipinski definition) is 5. The number of amidine groups is 1. The number of allylic oxidation sites excluding steroid dienone is 8. The lowest BCUT2D eigenvalue weighted by Crippen LogP contribution is -2.28. The third kappa shape index (κ3) is 4.40. The second kappa shape index (κ2) is 9.18. The molecule has 1 aromatic rings. The number of nitrogens with one attached hydrogen (secondary N) is 1. The minimum atomic E-state index is 0.484. The van der Waals surface area contributed by atoms with E-state index in [9.17, 15) is 0 Å². The molecule has 2 heterocycles. The van der Waals surface area contributed by atoms with Crippen molar-refractivity contribution < 1.29 is 9.47 Å². The molecule has 0 aromatic heterocycles. The van der Waals surface area contributed by atoms with Gasteiger partial charge in [-0.3, -0.25) is 0 Å². The highest BCUT2D eigenvalue weighted by Crippen LogP contribution is 2.37. The van der Waals surface area contributed by atoms with Crippen LogP contribution in [-0.2, 0) is 0 Å². The van der Waals surface area contributed by atoms with Crippen molar-refractivity contribution in [3.8, 4) is 11.5 Å². The van der Waals surface area contributed by atoms with Crippen LogP contribution in [0.2, 0.25) is 0 Å². The number of ether oxygens (including phenoxy) is 2. The van der Waals surface area contributed by atoms with Crippen LogP contribution in [0.25, 0.3) is 0 Å². The summed E-state index contributed by atoms with van der Waals surface area (Å²) in [6.07, 6.45) is 21.1. The van der Waals surface area contributed by atoms with Crippen LogP contribution in [0.5, 0.6) is 11.5 Å². The molecule has 2 aliphatic carbocycles. The number of rotatable bonds is 4. The molecule has 33 heavy (non-hydrogen) atoms. The Morgan fingerprint density at radius 3 is 2.85 bits per heavy atom. The van der Waals surface area contributed by atoms with Gasteiger partial charge in [-0.25, -0.2) is 4.99 Å². The zero-order valence-electron chi connectivity index (χ0n) is 19.6. The molecule has 1 aromatic carbocycles. The molecule has 0 bridgehead atoms. The third-order valence-corrected chi connectivity index (χ3v) is 6.61. The van der Waals surface area contributed by atoms with Crippen LogP contribution in [-0.4, -0.2) is 25.0 Å². The Hall–Kier alpha value is -3.47. The third-order valence-electron chi connectivity index (χ3n) is 6.61. The van der Waals surface area contributed by atoms with Gasteiger partial charge in [-0.15, -0.1) is 0 Å². The van der Waals surface area contributed by atoms with Gasteiger partial charge in [0.2, 0.25) is 0 Å². The predicted octanol–water partition coefficient (Wildman–Crippen LogP) is 6.48. The van der Waals surface area contributed by atoms with Gasteiger partial charge in [0, 0.05) is 24.2 Å². The molecule has 5 rings (SSSR count). The maximum atomic E-state index is 5.50. The average Bonchev–Trinajstić information content (AvgIpc) is 3.05. The summed E-state index contributed by atoms with van der Waals surface area (Å²) in [7, 11) is 3.30. The minimum Gasteiger partial charge on any atom is -0.493 e. The Morgan fingerprint density at radius 2 is 2.00 bits per heavy atom. The van der Waals surface area contributed by atoms with Gasteiger partial charge >= 0.3 is 0 Å². The normalized spacial score (nSPS) is 21.8. The fourth-order valence-corrected chi connectivity index (χ4v) is 4.67. The van der Waals surface area contributed by atoms with Crippen molar-refractivity contribution in [1.82, 2.24) is 4.90 Å². The van der Waals surface area contributed by atoms with Gasteiger partial charge < -0.3 is 19.7 Å². The molecule has 0 saturated carbocycles. The SMILES string of the molecule is COc1ccc(NC2=NC(C3=CCC4=C(CCC=C4)C3)=CN3C=CC(C)CC=C23)cc1OC. The number of hydrogen-bond donors (Lipinski definition) is 1. The zero-order chi connectivity index (χ0) is 22.8.